The molecule has 0 spiro atoms. The third kappa shape index (κ3) is 2.23. The Morgan fingerprint density at radius 3 is 2.71 bits per heavy atom. The number of carbonyl (C=O) groups is 2. The van der Waals surface area contributed by atoms with E-state index in [9.17, 15) is 9.59 Å². The molecule has 1 aromatic carbocycles. The van der Waals surface area contributed by atoms with Crippen molar-refractivity contribution in [3.05, 3.63) is 29.8 Å². The summed E-state index contributed by atoms with van der Waals surface area (Å²) in [6, 6.07) is 7.39. The van der Waals surface area contributed by atoms with Crippen molar-refractivity contribution in [2.24, 2.45) is 5.92 Å². The highest BCUT2D eigenvalue weighted by Crippen LogP contribution is 2.27. The Kier molecular flexibility index (Phi) is 3.27. The summed E-state index contributed by atoms with van der Waals surface area (Å²) in [5.41, 5.74) is 1.45. The van der Waals surface area contributed by atoms with E-state index in [1.807, 2.05) is 38.1 Å². The van der Waals surface area contributed by atoms with Crippen molar-refractivity contribution in [1.82, 2.24) is 0 Å². The van der Waals surface area contributed by atoms with Crippen molar-refractivity contribution in [3.63, 3.8) is 0 Å². The highest BCUT2D eigenvalue weighted by Gasteiger charge is 2.25. The Morgan fingerprint density at radius 2 is 2.00 bits per heavy atom. The molecule has 1 aromatic rings. The maximum Gasteiger partial charge on any atom is 0.229 e. The number of para-hydroxylation sites is 1. The van der Waals surface area contributed by atoms with Crippen molar-refractivity contribution in [2.75, 3.05) is 11.4 Å². The van der Waals surface area contributed by atoms with Crippen LogP contribution in [0.4, 0.5) is 5.69 Å². The highest BCUT2D eigenvalue weighted by atomic mass is 16.2. The molecule has 3 nitrogen and oxygen atoms in total. The molecule has 0 radical (unpaired) electrons. The van der Waals surface area contributed by atoms with E-state index >= 15 is 0 Å². The van der Waals surface area contributed by atoms with Gasteiger partial charge in [0.25, 0.3) is 0 Å². The molecule has 1 aliphatic heterocycles. The first-order chi connectivity index (χ1) is 8.11. The number of anilines is 1. The quantitative estimate of drug-likeness (QED) is 0.745. The van der Waals surface area contributed by atoms with E-state index in [0.29, 0.717) is 18.5 Å². The maximum absolute atomic E-state index is 12.1. The number of hydrogen-bond donors (Lipinski definition) is 0. The van der Waals surface area contributed by atoms with Gasteiger partial charge in [0.05, 0.1) is 5.69 Å². The molecule has 0 aliphatic carbocycles. The number of nitrogens with zero attached hydrogens (tertiary/aromatic N) is 1. The van der Waals surface area contributed by atoms with E-state index in [-0.39, 0.29) is 17.6 Å². The fourth-order valence-electron chi connectivity index (χ4n) is 2.14. The summed E-state index contributed by atoms with van der Waals surface area (Å²) in [6.07, 6.45) is 1.27. The van der Waals surface area contributed by atoms with Gasteiger partial charge in [-0.25, -0.2) is 0 Å². The average Bonchev–Trinajstić information content (AvgIpc) is 2.49. The number of Topliss-reactive ketones (excluding diaryl/α,β-unsaturated/α-hetero) is 1. The van der Waals surface area contributed by atoms with Crippen LogP contribution in [-0.4, -0.2) is 18.2 Å². The number of fused-ring (bicyclic) bond motifs is 1. The summed E-state index contributed by atoms with van der Waals surface area (Å²) in [7, 11) is 0. The summed E-state index contributed by atoms with van der Waals surface area (Å²) in [5.74, 6) is 0.183. The average molecular weight is 231 g/mol. The van der Waals surface area contributed by atoms with Gasteiger partial charge in [-0.15, -0.1) is 0 Å². The number of benzene rings is 1. The smallest absolute Gasteiger partial charge is 0.229 e. The first-order valence-corrected chi connectivity index (χ1v) is 6.05. The second-order valence-electron chi connectivity index (χ2n) is 4.69. The monoisotopic (exact) mass is 231 g/mol. The van der Waals surface area contributed by atoms with E-state index in [1.54, 1.807) is 4.90 Å². The van der Waals surface area contributed by atoms with Crippen LogP contribution in [0.3, 0.4) is 0 Å². The Morgan fingerprint density at radius 1 is 1.29 bits per heavy atom. The van der Waals surface area contributed by atoms with E-state index in [0.717, 1.165) is 12.1 Å². The van der Waals surface area contributed by atoms with Gasteiger partial charge in [-0.3, -0.25) is 9.59 Å². The van der Waals surface area contributed by atoms with Gasteiger partial charge in [0.1, 0.15) is 0 Å². The zero-order valence-corrected chi connectivity index (χ0v) is 10.3. The maximum atomic E-state index is 12.1. The Balaban J connectivity index is 2.45. The zero-order chi connectivity index (χ0) is 12.4. The van der Waals surface area contributed by atoms with Crippen LogP contribution in [-0.2, 0) is 4.79 Å². The second-order valence-corrected chi connectivity index (χ2v) is 4.69. The van der Waals surface area contributed by atoms with Gasteiger partial charge in [-0.05, 0) is 18.6 Å². The minimum atomic E-state index is -0.0451. The molecule has 1 heterocycles. The van der Waals surface area contributed by atoms with Crippen LogP contribution < -0.4 is 4.90 Å². The van der Waals surface area contributed by atoms with Crippen molar-refractivity contribution in [1.29, 1.82) is 0 Å². The van der Waals surface area contributed by atoms with Crippen LogP contribution in [0.1, 0.15) is 37.0 Å². The van der Waals surface area contributed by atoms with E-state index < -0.39 is 0 Å². The van der Waals surface area contributed by atoms with Crippen LogP contribution >= 0.6 is 0 Å². The SMILES string of the molecule is CC(C)C(=O)N1CCCC(=O)c2ccccc21. The molecular weight excluding hydrogens is 214 g/mol. The first-order valence-electron chi connectivity index (χ1n) is 6.05. The molecule has 1 amide bonds. The zero-order valence-electron chi connectivity index (χ0n) is 10.3. The minimum absolute atomic E-state index is 0.0451. The predicted molar refractivity (Wildman–Crippen MR) is 67.2 cm³/mol. The summed E-state index contributed by atoms with van der Waals surface area (Å²) in [6.45, 7) is 4.41. The van der Waals surface area contributed by atoms with E-state index in [2.05, 4.69) is 0 Å². The van der Waals surface area contributed by atoms with E-state index in [1.165, 1.54) is 0 Å². The minimum Gasteiger partial charge on any atom is -0.311 e. The van der Waals surface area contributed by atoms with Gasteiger partial charge >= 0.3 is 0 Å². The molecule has 0 saturated carbocycles. The van der Waals surface area contributed by atoms with Gasteiger partial charge in [-0.2, -0.15) is 0 Å². The summed E-state index contributed by atoms with van der Waals surface area (Å²) >= 11 is 0. The van der Waals surface area contributed by atoms with Crippen molar-refractivity contribution in [3.8, 4) is 0 Å². The molecule has 90 valence electrons. The lowest BCUT2D eigenvalue weighted by molar-refractivity contribution is -0.121. The topological polar surface area (TPSA) is 37.4 Å². The summed E-state index contributed by atoms with van der Waals surface area (Å²) in [4.78, 5) is 25.8. The summed E-state index contributed by atoms with van der Waals surface area (Å²) < 4.78 is 0. The predicted octanol–water partition coefficient (Wildman–Crippen LogP) is 2.65. The number of hydrogen-bond acceptors (Lipinski definition) is 2. The number of rotatable bonds is 1. The lowest BCUT2D eigenvalue weighted by Crippen LogP contribution is -2.35. The molecule has 0 saturated heterocycles. The molecule has 0 N–H and O–H groups in total. The molecule has 2 rings (SSSR count). The van der Waals surface area contributed by atoms with E-state index in [4.69, 9.17) is 0 Å². The molecule has 1 aliphatic rings. The van der Waals surface area contributed by atoms with Crippen molar-refractivity contribution >= 4 is 17.4 Å². The lowest BCUT2D eigenvalue weighted by atomic mass is 10.1. The van der Waals surface area contributed by atoms with Crippen molar-refractivity contribution < 1.29 is 9.59 Å². The third-order valence-electron chi connectivity index (χ3n) is 3.04. The number of ketones is 1. The van der Waals surface area contributed by atoms with Crippen molar-refractivity contribution in [2.45, 2.75) is 26.7 Å². The first kappa shape index (κ1) is 11.8. The lowest BCUT2D eigenvalue weighted by Gasteiger charge is -2.24. The molecule has 0 fully saturated rings. The Bertz CT molecular complexity index is 451. The van der Waals surface area contributed by atoms with Gasteiger partial charge in [0, 0.05) is 24.4 Å². The van der Waals surface area contributed by atoms with Crippen LogP contribution in [0.25, 0.3) is 0 Å². The fourth-order valence-corrected chi connectivity index (χ4v) is 2.14. The highest BCUT2D eigenvalue weighted by molar-refractivity contribution is 6.07. The van der Waals surface area contributed by atoms with Crippen LogP contribution in [0, 0.1) is 5.92 Å². The van der Waals surface area contributed by atoms with Gasteiger partial charge in [0.15, 0.2) is 5.78 Å². The second kappa shape index (κ2) is 4.70. The molecule has 0 atom stereocenters. The fraction of sp³-hybridized carbons (Fsp3) is 0.429. The van der Waals surface area contributed by atoms with Crippen LogP contribution in [0.2, 0.25) is 0 Å². The largest absolute Gasteiger partial charge is 0.311 e. The normalized spacial score (nSPS) is 15.7. The standard InChI is InChI=1S/C14H17NO2/c1-10(2)14(17)15-9-5-8-13(16)11-6-3-4-7-12(11)15/h3-4,6-7,10H,5,8-9H2,1-2H3. The Labute approximate surface area is 101 Å². The summed E-state index contributed by atoms with van der Waals surface area (Å²) in [5, 5.41) is 0. The van der Waals surface area contributed by atoms with Gasteiger partial charge < -0.3 is 4.90 Å². The van der Waals surface area contributed by atoms with Gasteiger partial charge in [0.2, 0.25) is 5.91 Å². The molecule has 0 aromatic heterocycles. The van der Waals surface area contributed by atoms with Crippen LogP contribution in [0.15, 0.2) is 24.3 Å². The number of carbonyl (C=O) groups excluding carboxylic acids is 2. The molecule has 0 unspecified atom stereocenters. The molecule has 17 heavy (non-hydrogen) atoms. The number of amides is 1. The van der Waals surface area contributed by atoms with Gasteiger partial charge in [-0.1, -0.05) is 26.0 Å². The van der Waals surface area contributed by atoms with Crippen LogP contribution in [0.5, 0.6) is 0 Å². The molecule has 3 heteroatoms. The molecule has 0 bridgehead atoms. The Hall–Kier alpha value is -1.64. The third-order valence-corrected chi connectivity index (χ3v) is 3.04. The molecular formula is C14H17NO2.